The maximum absolute atomic E-state index is 3.61. The Kier molecular flexibility index (Phi) is 4.47. The Morgan fingerprint density at radius 3 is 2.45 bits per heavy atom. The fraction of sp³-hybridized carbons (Fsp3) is 0.200. The summed E-state index contributed by atoms with van der Waals surface area (Å²) in [7, 11) is 0. The molecule has 1 heterocycles. The van der Waals surface area contributed by atoms with E-state index in [-0.39, 0.29) is 12.4 Å². The van der Waals surface area contributed by atoms with E-state index in [0.717, 1.165) is 19.5 Å². The minimum Gasteiger partial charge on any atom is -0.315 e. The van der Waals surface area contributed by atoms with Gasteiger partial charge in [-0.2, -0.15) is 0 Å². The summed E-state index contributed by atoms with van der Waals surface area (Å²) in [5.74, 6) is 0.440. The molecular weight excluding hydrogens is 290 g/mol. The molecule has 3 aromatic carbocycles. The fourth-order valence-electron chi connectivity index (χ4n) is 3.51. The molecule has 1 unspecified atom stereocenters. The molecule has 1 N–H and O–H groups in total. The number of nitrogens with one attached hydrogen (secondary N) is 1. The van der Waals surface area contributed by atoms with Crippen LogP contribution in [0.4, 0.5) is 0 Å². The average molecular weight is 310 g/mol. The summed E-state index contributed by atoms with van der Waals surface area (Å²) >= 11 is 0. The summed E-state index contributed by atoms with van der Waals surface area (Å²) in [4.78, 5) is 0. The van der Waals surface area contributed by atoms with E-state index in [1.165, 1.54) is 27.5 Å². The lowest BCUT2D eigenvalue weighted by Gasteiger charge is -2.20. The van der Waals surface area contributed by atoms with E-state index in [0.29, 0.717) is 5.92 Å². The highest BCUT2D eigenvalue weighted by Crippen LogP contribution is 2.33. The number of hydrogen-bond donors (Lipinski definition) is 1. The van der Waals surface area contributed by atoms with E-state index in [1.807, 2.05) is 0 Å². The van der Waals surface area contributed by atoms with Gasteiger partial charge in [0.15, 0.2) is 0 Å². The molecular formula is C20H20ClN. The molecule has 22 heavy (non-hydrogen) atoms. The van der Waals surface area contributed by atoms with Crippen LogP contribution in [0.5, 0.6) is 0 Å². The molecule has 0 amide bonds. The molecule has 0 fully saturated rings. The molecule has 112 valence electrons. The molecule has 4 rings (SSSR count). The van der Waals surface area contributed by atoms with E-state index < -0.39 is 0 Å². The van der Waals surface area contributed by atoms with Crippen molar-refractivity contribution in [3.8, 4) is 0 Å². The SMILES string of the molecule is Cl.c1ccc2c(c1)CCNCC2c1cccc2ccccc12. The van der Waals surface area contributed by atoms with Crippen LogP contribution < -0.4 is 5.32 Å². The lowest BCUT2D eigenvalue weighted by Crippen LogP contribution is -2.21. The van der Waals surface area contributed by atoms with Crippen molar-refractivity contribution < 1.29 is 0 Å². The highest BCUT2D eigenvalue weighted by molar-refractivity contribution is 5.86. The maximum Gasteiger partial charge on any atom is 0.0223 e. The Morgan fingerprint density at radius 2 is 1.50 bits per heavy atom. The molecule has 2 heteroatoms. The monoisotopic (exact) mass is 309 g/mol. The van der Waals surface area contributed by atoms with Crippen LogP contribution in [0.15, 0.2) is 66.7 Å². The normalized spacial score (nSPS) is 17.4. The van der Waals surface area contributed by atoms with E-state index in [1.54, 1.807) is 0 Å². The average Bonchev–Trinajstić information content (AvgIpc) is 2.77. The zero-order valence-corrected chi connectivity index (χ0v) is 13.3. The molecule has 0 aromatic heterocycles. The quantitative estimate of drug-likeness (QED) is 0.696. The molecule has 3 aromatic rings. The van der Waals surface area contributed by atoms with Crippen LogP contribution in [0, 0.1) is 0 Å². The zero-order chi connectivity index (χ0) is 14.1. The van der Waals surface area contributed by atoms with Crippen LogP contribution in [0.1, 0.15) is 22.6 Å². The third kappa shape index (κ3) is 2.63. The topological polar surface area (TPSA) is 12.0 Å². The van der Waals surface area contributed by atoms with Crippen LogP contribution in [0.2, 0.25) is 0 Å². The summed E-state index contributed by atoms with van der Waals surface area (Å²) in [6.07, 6.45) is 1.12. The van der Waals surface area contributed by atoms with Crippen LogP contribution in [-0.4, -0.2) is 13.1 Å². The minimum absolute atomic E-state index is 0. The van der Waals surface area contributed by atoms with Crippen molar-refractivity contribution in [2.75, 3.05) is 13.1 Å². The van der Waals surface area contributed by atoms with Gasteiger partial charge < -0.3 is 5.32 Å². The van der Waals surface area contributed by atoms with Crippen molar-refractivity contribution in [1.29, 1.82) is 0 Å². The highest BCUT2D eigenvalue weighted by atomic mass is 35.5. The van der Waals surface area contributed by atoms with Crippen molar-refractivity contribution in [1.82, 2.24) is 5.32 Å². The molecule has 1 aliphatic rings. The number of hydrogen-bond acceptors (Lipinski definition) is 1. The minimum atomic E-state index is 0. The van der Waals surface area contributed by atoms with Gasteiger partial charge in [-0.1, -0.05) is 66.7 Å². The van der Waals surface area contributed by atoms with Gasteiger partial charge in [-0.3, -0.25) is 0 Å². The van der Waals surface area contributed by atoms with Gasteiger partial charge in [0.2, 0.25) is 0 Å². The van der Waals surface area contributed by atoms with E-state index >= 15 is 0 Å². The Labute approximate surface area is 137 Å². The summed E-state index contributed by atoms with van der Waals surface area (Å²) in [6, 6.07) is 24.3. The second-order valence-corrected chi connectivity index (χ2v) is 5.77. The van der Waals surface area contributed by atoms with Crippen molar-refractivity contribution in [3.05, 3.63) is 83.4 Å². The van der Waals surface area contributed by atoms with Crippen LogP contribution in [0.25, 0.3) is 10.8 Å². The molecule has 1 nitrogen and oxygen atoms in total. The number of benzene rings is 3. The van der Waals surface area contributed by atoms with Crippen LogP contribution in [0.3, 0.4) is 0 Å². The lowest BCUT2D eigenvalue weighted by atomic mass is 9.85. The molecule has 1 atom stereocenters. The Balaban J connectivity index is 0.00000144. The second kappa shape index (κ2) is 6.51. The van der Waals surface area contributed by atoms with Crippen molar-refractivity contribution in [2.45, 2.75) is 12.3 Å². The molecule has 0 bridgehead atoms. The Morgan fingerprint density at radius 1 is 0.773 bits per heavy atom. The van der Waals surface area contributed by atoms with Gasteiger partial charge in [-0.05, 0) is 40.4 Å². The third-order valence-electron chi connectivity index (χ3n) is 4.55. The van der Waals surface area contributed by atoms with Gasteiger partial charge in [-0.15, -0.1) is 12.4 Å². The zero-order valence-electron chi connectivity index (χ0n) is 12.5. The number of fused-ring (bicyclic) bond motifs is 2. The lowest BCUT2D eigenvalue weighted by molar-refractivity contribution is 0.667. The molecule has 0 saturated carbocycles. The predicted molar refractivity (Wildman–Crippen MR) is 96.1 cm³/mol. The first-order chi connectivity index (χ1) is 10.4. The standard InChI is InChI=1S/C20H19N.ClH/c1-3-9-17-15(6-1)8-5-11-19(17)20-14-21-13-12-16-7-2-4-10-18(16)20;/h1-11,20-21H,12-14H2;1H. The number of rotatable bonds is 1. The molecule has 0 spiro atoms. The van der Waals surface area contributed by atoms with Gasteiger partial charge in [0.25, 0.3) is 0 Å². The molecule has 0 aliphatic carbocycles. The van der Waals surface area contributed by atoms with E-state index in [2.05, 4.69) is 72.0 Å². The second-order valence-electron chi connectivity index (χ2n) is 5.77. The van der Waals surface area contributed by atoms with Gasteiger partial charge >= 0.3 is 0 Å². The van der Waals surface area contributed by atoms with Crippen molar-refractivity contribution >= 4 is 23.2 Å². The van der Waals surface area contributed by atoms with Gasteiger partial charge in [-0.25, -0.2) is 0 Å². The van der Waals surface area contributed by atoms with Crippen LogP contribution in [-0.2, 0) is 6.42 Å². The largest absolute Gasteiger partial charge is 0.315 e. The first-order valence-electron chi connectivity index (χ1n) is 7.69. The first-order valence-corrected chi connectivity index (χ1v) is 7.69. The van der Waals surface area contributed by atoms with Gasteiger partial charge in [0.1, 0.15) is 0 Å². The predicted octanol–water partition coefficient (Wildman–Crippen LogP) is 4.54. The highest BCUT2D eigenvalue weighted by Gasteiger charge is 2.21. The van der Waals surface area contributed by atoms with Gasteiger partial charge in [0, 0.05) is 12.5 Å². The maximum atomic E-state index is 3.61. The van der Waals surface area contributed by atoms with Gasteiger partial charge in [0.05, 0.1) is 0 Å². The van der Waals surface area contributed by atoms with Crippen LogP contribution >= 0.6 is 12.4 Å². The van der Waals surface area contributed by atoms with E-state index in [4.69, 9.17) is 0 Å². The fourth-order valence-corrected chi connectivity index (χ4v) is 3.51. The number of halogens is 1. The molecule has 0 saturated heterocycles. The van der Waals surface area contributed by atoms with Crippen molar-refractivity contribution in [2.24, 2.45) is 0 Å². The Hall–Kier alpha value is -1.83. The van der Waals surface area contributed by atoms with Crippen molar-refractivity contribution in [3.63, 3.8) is 0 Å². The first kappa shape index (κ1) is 15.1. The summed E-state index contributed by atoms with van der Waals surface area (Å²) in [6.45, 7) is 2.09. The Bertz CT molecular complexity index is 776. The summed E-state index contributed by atoms with van der Waals surface area (Å²) in [5, 5.41) is 6.32. The third-order valence-corrected chi connectivity index (χ3v) is 4.55. The smallest absolute Gasteiger partial charge is 0.0223 e. The summed E-state index contributed by atoms with van der Waals surface area (Å²) < 4.78 is 0. The molecule has 1 aliphatic heterocycles. The van der Waals surface area contributed by atoms with E-state index in [9.17, 15) is 0 Å². The summed E-state index contributed by atoms with van der Waals surface area (Å²) in [5.41, 5.74) is 4.41. The molecule has 0 radical (unpaired) electrons.